The van der Waals surface area contributed by atoms with Gasteiger partial charge in [-0.2, -0.15) is 5.26 Å². The molecule has 0 aliphatic carbocycles. The van der Waals surface area contributed by atoms with Crippen LogP contribution in [0.15, 0.2) is 75.5 Å². The summed E-state index contributed by atoms with van der Waals surface area (Å²) < 4.78 is 1.38. The van der Waals surface area contributed by atoms with Gasteiger partial charge >= 0.3 is 0 Å². The SMILES string of the molecule is Cc1ccc(C(=O)Nc2ccc3nc(Sc4ccc(/C=C(\C#N)C(N)=O)cc4[N+](=O)[O-])sc3c2)cc1. The molecule has 9 nitrogen and oxygen atoms in total. The van der Waals surface area contributed by atoms with E-state index < -0.39 is 10.8 Å². The van der Waals surface area contributed by atoms with E-state index >= 15 is 0 Å². The van der Waals surface area contributed by atoms with Crippen molar-refractivity contribution in [2.75, 3.05) is 5.32 Å². The molecule has 0 bridgehead atoms. The number of rotatable bonds is 7. The normalized spacial score (nSPS) is 11.2. The van der Waals surface area contributed by atoms with Crippen molar-refractivity contribution < 1.29 is 14.5 Å². The number of amides is 2. The summed E-state index contributed by atoms with van der Waals surface area (Å²) >= 11 is 2.46. The molecule has 0 fully saturated rings. The first-order valence-corrected chi connectivity index (χ1v) is 12.0. The summed E-state index contributed by atoms with van der Waals surface area (Å²) in [6.45, 7) is 1.95. The number of primary amides is 1. The summed E-state index contributed by atoms with van der Waals surface area (Å²) in [6, 6.07) is 18.6. The number of hydrogen-bond donors (Lipinski definition) is 2. The van der Waals surface area contributed by atoms with E-state index in [0.717, 1.165) is 22.0 Å². The third-order valence-electron chi connectivity index (χ3n) is 5.01. The Morgan fingerprint density at radius 2 is 1.92 bits per heavy atom. The van der Waals surface area contributed by atoms with Gasteiger partial charge in [0.2, 0.25) is 0 Å². The maximum atomic E-state index is 12.5. The number of fused-ring (bicyclic) bond motifs is 1. The summed E-state index contributed by atoms with van der Waals surface area (Å²) in [5, 5.41) is 23.5. The molecule has 1 aromatic heterocycles. The Morgan fingerprint density at radius 3 is 2.58 bits per heavy atom. The Bertz CT molecular complexity index is 1590. The number of aromatic nitrogens is 1. The van der Waals surface area contributed by atoms with Gasteiger partial charge in [-0.3, -0.25) is 19.7 Å². The van der Waals surface area contributed by atoms with Crippen LogP contribution in [-0.2, 0) is 4.79 Å². The van der Waals surface area contributed by atoms with Crippen LogP contribution in [0.5, 0.6) is 0 Å². The lowest BCUT2D eigenvalue weighted by molar-refractivity contribution is -0.387. The van der Waals surface area contributed by atoms with Crippen molar-refractivity contribution in [3.63, 3.8) is 0 Å². The van der Waals surface area contributed by atoms with Gasteiger partial charge in [0.05, 0.1) is 20.0 Å². The third kappa shape index (κ3) is 5.57. The topological polar surface area (TPSA) is 152 Å². The molecule has 3 aromatic carbocycles. The molecule has 11 heteroatoms. The minimum Gasteiger partial charge on any atom is -0.365 e. The van der Waals surface area contributed by atoms with E-state index in [9.17, 15) is 19.7 Å². The number of thiazole rings is 1. The highest BCUT2D eigenvalue weighted by molar-refractivity contribution is 8.01. The van der Waals surface area contributed by atoms with E-state index in [1.807, 2.05) is 19.1 Å². The number of anilines is 1. The van der Waals surface area contributed by atoms with Crippen molar-refractivity contribution in [1.82, 2.24) is 4.98 Å². The van der Waals surface area contributed by atoms with E-state index in [2.05, 4.69) is 10.3 Å². The molecule has 0 spiro atoms. The van der Waals surface area contributed by atoms with Crippen LogP contribution >= 0.6 is 23.1 Å². The third-order valence-corrected chi connectivity index (χ3v) is 7.16. The Kier molecular flexibility index (Phi) is 7.10. The smallest absolute Gasteiger partial charge is 0.283 e. The molecular formula is C25H17N5O4S2. The Morgan fingerprint density at radius 1 is 1.17 bits per heavy atom. The highest BCUT2D eigenvalue weighted by Crippen LogP contribution is 2.39. The highest BCUT2D eigenvalue weighted by Gasteiger charge is 2.18. The van der Waals surface area contributed by atoms with Crippen molar-refractivity contribution >= 4 is 62.6 Å². The maximum Gasteiger partial charge on any atom is 0.283 e. The number of nitrogens with one attached hydrogen (secondary N) is 1. The summed E-state index contributed by atoms with van der Waals surface area (Å²) in [7, 11) is 0. The molecular weight excluding hydrogens is 498 g/mol. The second kappa shape index (κ2) is 10.4. The number of hydrogen-bond acceptors (Lipinski definition) is 8. The van der Waals surface area contributed by atoms with Gasteiger partial charge in [0, 0.05) is 17.3 Å². The highest BCUT2D eigenvalue weighted by atomic mass is 32.2. The lowest BCUT2D eigenvalue weighted by Gasteiger charge is -2.05. The van der Waals surface area contributed by atoms with Gasteiger partial charge < -0.3 is 11.1 Å². The van der Waals surface area contributed by atoms with Crippen molar-refractivity contribution in [2.45, 2.75) is 16.2 Å². The molecule has 0 atom stereocenters. The number of nitrogens with two attached hydrogens (primary N) is 1. The fourth-order valence-corrected chi connectivity index (χ4v) is 5.35. The van der Waals surface area contributed by atoms with Gasteiger partial charge in [-0.05, 0) is 55.0 Å². The molecule has 0 saturated heterocycles. The van der Waals surface area contributed by atoms with Crippen molar-refractivity contribution in [1.29, 1.82) is 5.26 Å². The van der Waals surface area contributed by atoms with Crippen LogP contribution in [0.4, 0.5) is 11.4 Å². The zero-order valence-corrected chi connectivity index (χ0v) is 20.4. The van der Waals surface area contributed by atoms with E-state index in [4.69, 9.17) is 11.0 Å². The van der Waals surface area contributed by atoms with Crippen LogP contribution in [0, 0.1) is 28.4 Å². The quantitative estimate of drug-likeness (QED) is 0.146. The molecule has 36 heavy (non-hydrogen) atoms. The summed E-state index contributed by atoms with van der Waals surface area (Å²) in [6.07, 6.45) is 1.20. The van der Waals surface area contributed by atoms with Crippen LogP contribution in [-0.4, -0.2) is 21.7 Å². The second-order valence-electron chi connectivity index (χ2n) is 7.60. The van der Waals surface area contributed by atoms with Crippen molar-refractivity contribution in [2.24, 2.45) is 5.73 Å². The van der Waals surface area contributed by atoms with Crippen molar-refractivity contribution in [3.05, 3.63) is 93.0 Å². The lowest BCUT2D eigenvalue weighted by Crippen LogP contribution is -2.12. The Hall–Kier alpha value is -4.53. The van der Waals surface area contributed by atoms with Crippen LogP contribution in [0.1, 0.15) is 21.5 Å². The number of nitro benzene ring substituents is 1. The maximum absolute atomic E-state index is 12.5. The van der Waals surface area contributed by atoms with Gasteiger partial charge in [0.25, 0.3) is 17.5 Å². The predicted octanol–water partition coefficient (Wildman–Crippen LogP) is 5.31. The number of nitro groups is 1. The minimum absolute atomic E-state index is 0.194. The van der Waals surface area contributed by atoms with E-state index in [0.29, 0.717) is 31.6 Å². The molecule has 0 aliphatic rings. The van der Waals surface area contributed by atoms with Gasteiger partial charge in [-0.25, -0.2) is 4.98 Å². The summed E-state index contributed by atoms with van der Waals surface area (Å²) in [4.78, 5) is 39.8. The first-order valence-electron chi connectivity index (χ1n) is 10.4. The van der Waals surface area contributed by atoms with Crippen molar-refractivity contribution in [3.8, 4) is 6.07 Å². The van der Waals surface area contributed by atoms with E-state index in [1.165, 1.54) is 29.5 Å². The van der Waals surface area contributed by atoms with Gasteiger partial charge in [-0.15, -0.1) is 11.3 Å². The van der Waals surface area contributed by atoms with Crippen LogP contribution in [0.2, 0.25) is 0 Å². The van der Waals surface area contributed by atoms with Crippen LogP contribution in [0.25, 0.3) is 16.3 Å². The molecule has 1 heterocycles. The van der Waals surface area contributed by atoms with Crippen LogP contribution < -0.4 is 11.1 Å². The molecule has 4 aromatic rings. The molecule has 0 radical (unpaired) electrons. The molecule has 3 N–H and O–H groups in total. The molecule has 0 unspecified atom stereocenters. The minimum atomic E-state index is -0.914. The monoisotopic (exact) mass is 515 g/mol. The zero-order valence-electron chi connectivity index (χ0n) is 18.7. The Labute approximate surface area is 213 Å². The number of carbonyl (C=O) groups is 2. The molecule has 4 rings (SSSR count). The van der Waals surface area contributed by atoms with Gasteiger partial charge in [-0.1, -0.05) is 35.5 Å². The second-order valence-corrected chi connectivity index (χ2v) is 9.92. The number of nitrogens with zero attached hydrogens (tertiary/aromatic N) is 3. The number of nitriles is 1. The van der Waals surface area contributed by atoms with Gasteiger partial charge in [0.1, 0.15) is 11.6 Å². The lowest BCUT2D eigenvalue weighted by atomic mass is 10.1. The average molecular weight is 516 g/mol. The fourth-order valence-electron chi connectivity index (χ4n) is 3.21. The standard InChI is InChI=1S/C25H17N5O4S2/c1-14-2-5-16(6-3-14)24(32)28-18-7-8-19-22(12-18)36-25(29-19)35-21-9-4-15(11-20(21)30(33)34)10-17(13-26)23(27)31/h2-12H,1H3,(H2,27,31)(H,28,32)/b17-10+. The molecule has 0 saturated carbocycles. The first-order chi connectivity index (χ1) is 17.2. The first kappa shape index (κ1) is 24.6. The largest absolute Gasteiger partial charge is 0.365 e. The fraction of sp³-hybridized carbons (Fsp3) is 0.0400. The predicted molar refractivity (Wildman–Crippen MR) is 139 cm³/mol. The Balaban J connectivity index is 1.57. The molecule has 2 amide bonds. The van der Waals surface area contributed by atoms with E-state index in [1.54, 1.807) is 42.5 Å². The zero-order chi connectivity index (χ0) is 25.8. The van der Waals surface area contributed by atoms with Crippen LogP contribution in [0.3, 0.4) is 0 Å². The summed E-state index contributed by atoms with van der Waals surface area (Å²) in [5.41, 5.74) is 7.85. The summed E-state index contributed by atoms with van der Waals surface area (Å²) in [5.74, 6) is -1.14. The number of aryl methyl sites for hydroxylation is 1. The number of benzene rings is 3. The molecule has 178 valence electrons. The average Bonchev–Trinajstić information content (AvgIpc) is 3.24. The van der Waals surface area contributed by atoms with E-state index in [-0.39, 0.29) is 17.2 Å². The number of carbonyl (C=O) groups excluding carboxylic acids is 2. The van der Waals surface area contributed by atoms with Gasteiger partial charge in [0.15, 0.2) is 4.34 Å². The molecule has 0 aliphatic heterocycles.